The molecule has 3 rings (SSSR count). The van der Waals surface area contributed by atoms with Crippen LogP contribution in [0.25, 0.3) is 10.9 Å². The SMILES string of the molecule is CC1CN(C)CCCN1c1ncnc2ccc(N)cc12. The molecular formula is C15H21N5. The molecule has 0 radical (unpaired) electrons. The van der Waals surface area contributed by atoms with Crippen molar-refractivity contribution in [1.29, 1.82) is 0 Å². The number of benzene rings is 1. The topological polar surface area (TPSA) is 58.3 Å². The molecule has 5 nitrogen and oxygen atoms in total. The maximum atomic E-state index is 5.93. The lowest BCUT2D eigenvalue weighted by Crippen LogP contribution is -2.38. The van der Waals surface area contributed by atoms with E-state index < -0.39 is 0 Å². The molecule has 0 spiro atoms. The van der Waals surface area contributed by atoms with Gasteiger partial charge in [-0.05, 0) is 45.1 Å². The molecular weight excluding hydrogens is 250 g/mol. The highest BCUT2D eigenvalue weighted by atomic mass is 15.3. The molecule has 1 aromatic carbocycles. The van der Waals surface area contributed by atoms with Crippen molar-refractivity contribution in [2.75, 3.05) is 37.3 Å². The van der Waals surface area contributed by atoms with Crippen LogP contribution in [-0.4, -0.2) is 47.6 Å². The number of nitrogens with zero attached hydrogens (tertiary/aromatic N) is 4. The van der Waals surface area contributed by atoms with Crippen LogP contribution in [0.15, 0.2) is 24.5 Å². The normalized spacial score (nSPS) is 21.1. The van der Waals surface area contributed by atoms with Gasteiger partial charge in [-0.15, -0.1) is 0 Å². The number of hydrogen-bond donors (Lipinski definition) is 1. The fourth-order valence-electron chi connectivity index (χ4n) is 2.98. The summed E-state index contributed by atoms with van der Waals surface area (Å²) < 4.78 is 0. The van der Waals surface area contributed by atoms with Crippen LogP contribution in [0, 0.1) is 0 Å². The molecule has 5 heteroatoms. The van der Waals surface area contributed by atoms with E-state index in [2.05, 4.69) is 33.7 Å². The second-order valence-electron chi connectivity index (χ2n) is 5.63. The lowest BCUT2D eigenvalue weighted by molar-refractivity contribution is 0.337. The first-order valence-corrected chi connectivity index (χ1v) is 7.10. The van der Waals surface area contributed by atoms with Crippen LogP contribution in [0.4, 0.5) is 11.5 Å². The number of hydrogen-bond acceptors (Lipinski definition) is 5. The van der Waals surface area contributed by atoms with Gasteiger partial charge in [0, 0.05) is 30.2 Å². The molecule has 0 saturated carbocycles. The lowest BCUT2D eigenvalue weighted by Gasteiger charge is -2.29. The van der Waals surface area contributed by atoms with Gasteiger partial charge in [0.05, 0.1) is 5.52 Å². The Kier molecular flexibility index (Phi) is 3.44. The standard InChI is InChI=1S/C15H21N5/c1-11-9-19(2)6-3-7-20(11)15-13-8-12(16)4-5-14(13)17-10-18-15/h4-5,8,10-11H,3,6-7,9,16H2,1-2H3. The molecule has 1 aliphatic heterocycles. The Labute approximate surface area is 119 Å². The largest absolute Gasteiger partial charge is 0.399 e. The minimum atomic E-state index is 0.432. The van der Waals surface area contributed by atoms with Crippen molar-refractivity contribution in [3.05, 3.63) is 24.5 Å². The molecule has 1 atom stereocenters. The molecule has 1 unspecified atom stereocenters. The van der Waals surface area contributed by atoms with Crippen molar-refractivity contribution in [3.63, 3.8) is 0 Å². The zero-order valence-electron chi connectivity index (χ0n) is 12.1. The third-order valence-electron chi connectivity index (χ3n) is 3.96. The van der Waals surface area contributed by atoms with E-state index in [0.717, 1.165) is 48.5 Å². The Morgan fingerprint density at radius 1 is 1.25 bits per heavy atom. The maximum absolute atomic E-state index is 5.93. The molecule has 0 bridgehead atoms. The molecule has 1 aliphatic rings. The number of rotatable bonds is 1. The molecule has 1 saturated heterocycles. The van der Waals surface area contributed by atoms with E-state index in [1.807, 2.05) is 18.2 Å². The molecule has 2 N–H and O–H groups in total. The summed E-state index contributed by atoms with van der Waals surface area (Å²) in [4.78, 5) is 13.6. The summed E-state index contributed by atoms with van der Waals surface area (Å²) >= 11 is 0. The van der Waals surface area contributed by atoms with Gasteiger partial charge in [-0.1, -0.05) is 0 Å². The fraction of sp³-hybridized carbons (Fsp3) is 0.467. The van der Waals surface area contributed by atoms with Crippen LogP contribution in [0.3, 0.4) is 0 Å². The summed E-state index contributed by atoms with van der Waals surface area (Å²) in [5, 5.41) is 1.05. The van der Waals surface area contributed by atoms with Crippen molar-refractivity contribution in [2.45, 2.75) is 19.4 Å². The van der Waals surface area contributed by atoms with E-state index in [4.69, 9.17) is 5.73 Å². The molecule has 20 heavy (non-hydrogen) atoms. The van der Waals surface area contributed by atoms with Gasteiger partial charge < -0.3 is 15.5 Å². The Morgan fingerprint density at radius 3 is 2.95 bits per heavy atom. The number of nitrogen functional groups attached to an aromatic ring is 1. The third-order valence-corrected chi connectivity index (χ3v) is 3.96. The van der Waals surface area contributed by atoms with E-state index in [1.165, 1.54) is 0 Å². The minimum absolute atomic E-state index is 0.432. The fourth-order valence-corrected chi connectivity index (χ4v) is 2.98. The van der Waals surface area contributed by atoms with Crippen LogP contribution < -0.4 is 10.6 Å². The molecule has 1 aromatic heterocycles. The van der Waals surface area contributed by atoms with Crippen LogP contribution in [0.1, 0.15) is 13.3 Å². The first-order valence-electron chi connectivity index (χ1n) is 7.10. The van der Waals surface area contributed by atoms with E-state index in [0.29, 0.717) is 6.04 Å². The van der Waals surface area contributed by atoms with Crippen molar-refractivity contribution in [2.24, 2.45) is 0 Å². The Bertz CT molecular complexity index is 612. The van der Waals surface area contributed by atoms with Gasteiger partial charge in [0.2, 0.25) is 0 Å². The molecule has 0 aliphatic carbocycles. The van der Waals surface area contributed by atoms with Crippen molar-refractivity contribution < 1.29 is 0 Å². The number of fused-ring (bicyclic) bond motifs is 1. The molecule has 106 valence electrons. The van der Waals surface area contributed by atoms with Crippen LogP contribution in [0.5, 0.6) is 0 Å². The zero-order chi connectivity index (χ0) is 14.1. The van der Waals surface area contributed by atoms with Crippen molar-refractivity contribution in [3.8, 4) is 0 Å². The van der Waals surface area contributed by atoms with E-state index >= 15 is 0 Å². The first kappa shape index (κ1) is 13.1. The van der Waals surface area contributed by atoms with E-state index in [-0.39, 0.29) is 0 Å². The monoisotopic (exact) mass is 271 g/mol. The van der Waals surface area contributed by atoms with Crippen LogP contribution >= 0.6 is 0 Å². The number of likely N-dealkylation sites (N-methyl/N-ethyl adjacent to an activating group) is 1. The van der Waals surface area contributed by atoms with Gasteiger partial charge >= 0.3 is 0 Å². The zero-order valence-corrected chi connectivity index (χ0v) is 12.1. The predicted molar refractivity (Wildman–Crippen MR) is 82.9 cm³/mol. The van der Waals surface area contributed by atoms with E-state index in [1.54, 1.807) is 6.33 Å². The number of aromatic nitrogens is 2. The summed E-state index contributed by atoms with van der Waals surface area (Å²) in [5.74, 6) is 1.00. The van der Waals surface area contributed by atoms with E-state index in [9.17, 15) is 0 Å². The molecule has 2 heterocycles. The molecule has 0 amide bonds. The van der Waals surface area contributed by atoms with Gasteiger partial charge in [0.15, 0.2) is 0 Å². The van der Waals surface area contributed by atoms with Crippen LogP contribution in [-0.2, 0) is 0 Å². The summed E-state index contributed by atoms with van der Waals surface area (Å²) in [5.41, 5.74) is 7.64. The van der Waals surface area contributed by atoms with Gasteiger partial charge in [0.1, 0.15) is 12.1 Å². The average molecular weight is 271 g/mol. The van der Waals surface area contributed by atoms with Gasteiger partial charge in [-0.2, -0.15) is 0 Å². The summed E-state index contributed by atoms with van der Waals surface area (Å²) in [6, 6.07) is 6.26. The number of nitrogens with two attached hydrogens (primary N) is 1. The average Bonchev–Trinajstić information content (AvgIpc) is 2.59. The maximum Gasteiger partial charge on any atom is 0.140 e. The second-order valence-corrected chi connectivity index (χ2v) is 5.63. The highest BCUT2D eigenvalue weighted by Crippen LogP contribution is 2.27. The molecule has 1 fully saturated rings. The summed E-state index contributed by atoms with van der Waals surface area (Å²) in [6.45, 7) is 5.45. The Hall–Kier alpha value is -1.88. The smallest absolute Gasteiger partial charge is 0.140 e. The Morgan fingerprint density at radius 2 is 2.10 bits per heavy atom. The number of anilines is 2. The molecule has 2 aromatic rings. The summed E-state index contributed by atoms with van der Waals surface area (Å²) in [7, 11) is 2.18. The highest BCUT2D eigenvalue weighted by Gasteiger charge is 2.22. The van der Waals surface area contributed by atoms with Gasteiger partial charge in [-0.3, -0.25) is 0 Å². The highest BCUT2D eigenvalue weighted by molar-refractivity contribution is 5.91. The Balaban J connectivity index is 2.06. The van der Waals surface area contributed by atoms with Gasteiger partial charge in [0.25, 0.3) is 0 Å². The predicted octanol–water partition coefficient (Wildman–Crippen LogP) is 1.74. The quantitative estimate of drug-likeness (QED) is 0.801. The third kappa shape index (κ3) is 2.41. The van der Waals surface area contributed by atoms with Crippen molar-refractivity contribution in [1.82, 2.24) is 14.9 Å². The van der Waals surface area contributed by atoms with Gasteiger partial charge in [-0.25, -0.2) is 9.97 Å². The summed E-state index contributed by atoms with van der Waals surface area (Å²) in [6.07, 6.45) is 2.80. The first-order chi connectivity index (χ1) is 9.65. The van der Waals surface area contributed by atoms with Crippen molar-refractivity contribution >= 4 is 22.4 Å². The lowest BCUT2D eigenvalue weighted by atomic mass is 10.1. The second kappa shape index (κ2) is 5.25. The minimum Gasteiger partial charge on any atom is -0.399 e. The van der Waals surface area contributed by atoms with Crippen LogP contribution in [0.2, 0.25) is 0 Å².